The van der Waals surface area contributed by atoms with Crippen molar-refractivity contribution >= 4 is 34.5 Å². The maximum absolute atomic E-state index is 11.8. The minimum absolute atomic E-state index is 0.290. The average Bonchev–Trinajstić information content (AvgIpc) is 2.85. The van der Waals surface area contributed by atoms with Gasteiger partial charge in [0.25, 0.3) is 5.91 Å². The van der Waals surface area contributed by atoms with E-state index in [-0.39, 0.29) is 5.91 Å². The Morgan fingerprint density at radius 3 is 3.00 bits per heavy atom. The molecule has 1 heterocycles. The van der Waals surface area contributed by atoms with Gasteiger partial charge in [-0.1, -0.05) is 11.6 Å². The van der Waals surface area contributed by atoms with Gasteiger partial charge in [-0.2, -0.15) is 0 Å². The largest absolute Gasteiger partial charge is 0.497 e. The van der Waals surface area contributed by atoms with Gasteiger partial charge in [0, 0.05) is 11.4 Å². The van der Waals surface area contributed by atoms with Crippen LogP contribution < -0.4 is 10.1 Å². The fraction of sp³-hybridized carbons (Fsp3) is 0.0909. The number of halogens is 1. The minimum atomic E-state index is -0.290. The Kier molecular flexibility index (Phi) is 3.61. The van der Waals surface area contributed by atoms with Crippen molar-refractivity contribution in [2.24, 2.45) is 0 Å². The highest BCUT2D eigenvalue weighted by Crippen LogP contribution is 2.27. The van der Waals surface area contributed by atoms with E-state index in [0.29, 0.717) is 22.2 Å². The molecule has 0 aliphatic rings. The Morgan fingerprint density at radius 1 is 1.53 bits per heavy atom. The highest BCUT2D eigenvalue weighted by Gasteiger charge is 2.10. The quantitative estimate of drug-likeness (QED) is 0.931. The topological polar surface area (TPSA) is 51.2 Å². The number of thiazole rings is 1. The zero-order chi connectivity index (χ0) is 12.3. The smallest absolute Gasteiger partial charge is 0.275 e. The number of methoxy groups -OCH3 is 1. The predicted molar refractivity (Wildman–Crippen MR) is 68.1 cm³/mol. The molecule has 0 aliphatic carbocycles. The van der Waals surface area contributed by atoms with E-state index in [1.165, 1.54) is 11.3 Å². The van der Waals surface area contributed by atoms with Crippen LogP contribution in [0.4, 0.5) is 5.69 Å². The maximum atomic E-state index is 11.8. The molecule has 1 aromatic carbocycles. The van der Waals surface area contributed by atoms with E-state index in [1.807, 2.05) is 0 Å². The number of carbonyl (C=O) groups excluding carboxylic acids is 1. The van der Waals surface area contributed by atoms with Crippen LogP contribution in [0.25, 0.3) is 0 Å². The normalized spacial score (nSPS) is 10.0. The van der Waals surface area contributed by atoms with Gasteiger partial charge >= 0.3 is 0 Å². The second-order valence-electron chi connectivity index (χ2n) is 3.17. The van der Waals surface area contributed by atoms with Crippen LogP contribution in [0.5, 0.6) is 5.75 Å². The monoisotopic (exact) mass is 268 g/mol. The van der Waals surface area contributed by atoms with E-state index < -0.39 is 0 Å². The molecule has 0 atom stereocenters. The van der Waals surface area contributed by atoms with E-state index in [0.717, 1.165) is 0 Å². The number of hydrogen-bond acceptors (Lipinski definition) is 4. The molecule has 0 fully saturated rings. The molecule has 0 saturated carbocycles. The van der Waals surface area contributed by atoms with E-state index >= 15 is 0 Å². The summed E-state index contributed by atoms with van der Waals surface area (Å²) in [6, 6.07) is 5.05. The molecule has 1 aromatic heterocycles. The number of aromatic nitrogens is 1. The van der Waals surface area contributed by atoms with Crippen LogP contribution in [0.1, 0.15) is 10.5 Å². The Bertz CT molecular complexity index is 528. The highest BCUT2D eigenvalue weighted by atomic mass is 35.5. The number of rotatable bonds is 3. The number of hydrogen-bond donors (Lipinski definition) is 1. The fourth-order valence-electron chi connectivity index (χ4n) is 1.24. The van der Waals surface area contributed by atoms with Crippen molar-refractivity contribution in [3.8, 4) is 5.75 Å². The molecule has 0 bridgehead atoms. The van der Waals surface area contributed by atoms with Gasteiger partial charge in [0.05, 0.1) is 23.3 Å². The van der Waals surface area contributed by atoms with E-state index in [9.17, 15) is 4.79 Å². The van der Waals surface area contributed by atoms with Gasteiger partial charge in [0.1, 0.15) is 11.4 Å². The number of benzene rings is 1. The van der Waals surface area contributed by atoms with Crippen LogP contribution in [0.3, 0.4) is 0 Å². The molecule has 0 saturated heterocycles. The summed E-state index contributed by atoms with van der Waals surface area (Å²) in [6.45, 7) is 0. The molecule has 0 radical (unpaired) electrons. The summed E-state index contributed by atoms with van der Waals surface area (Å²) in [5.74, 6) is 0.337. The summed E-state index contributed by atoms with van der Waals surface area (Å²) < 4.78 is 5.06. The molecule has 6 heteroatoms. The van der Waals surface area contributed by atoms with Crippen LogP contribution in [-0.4, -0.2) is 18.0 Å². The first-order valence-corrected chi connectivity index (χ1v) is 6.06. The van der Waals surface area contributed by atoms with Crippen molar-refractivity contribution in [2.75, 3.05) is 12.4 Å². The third-order valence-corrected chi connectivity index (χ3v) is 3.00. The number of anilines is 1. The van der Waals surface area contributed by atoms with Crippen LogP contribution in [-0.2, 0) is 0 Å². The Hall–Kier alpha value is -1.59. The Labute approximate surface area is 107 Å². The first-order valence-electron chi connectivity index (χ1n) is 4.74. The maximum Gasteiger partial charge on any atom is 0.275 e. The minimum Gasteiger partial charge on any atom is -0.497 e. The third kappa shape index (κ3) is 2.75. The van der Waals surface area contributed by atoms with Gasteiger partial charge in [-0.25, -0.2) is 4.98 Å². The lowest BCUT2D eigenvalue weighted by Crippen LogP contribution is -2.12. The number of carbonyl (C=O) groups is 1. The summed E-state index contributed by atoms with van der Waals surface area (Å²) in [6.07, 6.45) is 0. The molecule has 1 amide bonds. The number of nitrogens with one attached hydrogen (secondary N) is 1. The van der Waals surface area contributed by atoms with Crippen LogP contribution in [0.15, 0.2) is 29.1 Å². The van der Waals surface area contributed by atoms with Crippen molar-refractivity contribution in [3.63, 3.8) is 0 Å². The summed E-state index contributed by atoms with van der Waals surface area (Å²) in [7, 11) is 1.55. The van der Waals surface area contributed by atoms with Gasteiger partial charge in [-0.05, 0) is 12.1 Å². The van der Waals surface area contributed by atoms with Gasteiger partial charge in [0.2, 0.25) is 0 Å². The standard InChI is InChI=1S/C11H9ClN2O2S/c1-16-7-2-3-8(12)9(4-7)14-11(15)10-5-17-6-13-10/h2-6H,1H3,(H,14,15). The van der Waals surface area contributed by atoms with Crippen molar-refractivity contribution in [1.82, 2.24) is 4.98 Å². The van der Waals surface area contributed by atoms with E-state index in [1.54, 1.807) is 36.2 Å². The molecule has 17 heavy (non-hydrogen) atoms. The number of nitrogens with zero attached hydrogens (tertiary/aromatic N) is 1. The van der Waals surface area contributed by atoms with Crippen molar-refractivity contribution in [1.29, 1.82) is 0 Å². The summed E-state index contributed by atoms with van der Waals surface area (Å²) in [4.78, 5) is 15.7. The lowest BCUT2D eigenvalue weighted by atomic mass is 10.3. The third-order valence-electron chi connectivity index (χ3n) is 2.09. The molecule has 0 aliphatic heterocycles. The Morgan fingerprint density at radius 2 is 2.35 bits per heavy atom. The van der Waals surface area contributed by atoms with Gasteiger partial charge in [-0.15, -0.1) is 11.3 Å². The van der Waals surface area contributed by atoms with Crippen LogP contribution in [0, 0.1) is 0 Å². The SMILES string of the molecule is COc1ccc(Cl)c(NC(=O)c2cscn2)c1. The first kappa shape index (κ1) is 11.9. The molecule has 2 aromatic rings. The molecule has 0 unspecified atom stereocenters. The van der Waals surface area contributed by atoms with Gasteiger partial charge < -0.3 is 10.1 Å². The summed E-state index contributed by atoms with van der Waals surface area (Å²) >= 11 is 7.33. The van der Waals surface area contributed by atoms with Crippen molar-refractivity contribution in [2.45, 2.75) is 0 Å². The molecule has 88 valence electrons. The number of amides is 1. The molecule has 1 N–H and O–H groups in total. The van der Waals surface area contributed by atoms with E-state index in [4.69, 9.17) is 16.3 Å². The van der Waals surface area contributed by atoms with Gasteiger partial charge in [-0.3, -0.25) is 4.79 Å². The zero-order valence-electron chi connectivity index (χ0n) is 8.94. The molecular weight excluding hydrogens is 260 g/mol. The first-order chi connectivity index (χ1) is 8.20. The zero-order valence-corrected chi connectivity index (χ0v) is 10.5. The van der Waals surface area contributed by atoms with E-state index in [2.05, 4.69) is 10.3 Å². The summed E-state index contributed by atoms with van der Waals surface area (Å²) in [5, 5.41) is 4.80. The van der Waals surface area contributed by atoms with Crippen LogP contribution in [0.2, 0.25) is 5.02 Å². The molecule has 4 nitrogen and oxygen atoms in total. The second-order valence-corrected chi connectivity index (χ2v) is 4.30. The van der Waals surface area contributed by atoms with Crippen LogP contribution >= 0.6 is 22.9 Å². The van der Waals surface area contributed by atoms with Crippen molar-refractivity contribution in [3.05, 3.63) is 39.8 Å². The van der Waals surface area contributed by atoms with Crippen molar-refractivity contribution < 1.29 is 9.53 Å². The predicted octanol–water partition coefficient (Wildman–Crippen LogP) is 3.06. The summed E-state index contributed by atoms with van der Waals surface area (Å²) in [5.41, 5.74) is 2.47. The number of ether oxygens (including phenoxy) is 1. The lowest BCUT2D eigenvalue weighted by molar-refractivity contribution is 0.102. The average molecular weight is 269 g/mol. The molecule has 0 spiro atoms. The fourth-order valence-corrected chi connectivity index (χ4v) is 1.94. The highest BCUT2D eigenvalue weighted by molar-refractivity contribution is 7.07. The molecule has 2 rings (SSSR count). The molecular formula is C11H9ClN2O2S. The lowest BCUT2D eigenvalue weighted by Gasteiger charge is -2.07. The second kappa shape index (κ2) is 5.16. The Balaban J connectivity index is 2.21. The van der Waals surface area contributed by atoms with Gasteiger partial charge in [0.15, 0.2) is 0 Å².